The highest BCUT2D eigenvalue weighted by atomic mass is 19.2. The molecule has 1 N–H and O–H groups in total. The number of hydrogen-bond acceptors (Lipinski definition) is 3. The molecule has 0 saturated heterocycles. The van der Waals surface area contributed by atoms with Crippen molar-refractivity contribution < 1.29 is 23.1 Å². The van der Waals surface area contributed by atoms with Gasteiger partial charge in [0.25, 0.3) is 5.91 Å². The Bertz CT molecular complexity index is 761. The second kappa shape index (κ2) is 5.55. The fourth-order valence-corrected chi connectivity index (χ4v) is 2.27. The number of amides is 1. The van der Waals surface area contributed by atoms with Crippen LogP contribution in [0.15, 0.2) is 42.5 Å². The molecule has 112 valence electrons. The number of rotatable bonds is 2. The fraction of sp³-hybridized carbons (Fsp3) is 0.125. The molecule has 1 aliphatic heterocycles. The predicted molar refractivity (Wildman–Crippen MR) is 74.3 cm³/mol. The SMILES string of the molecule is O=C1OC(C(=O)Nc2ccc(F)c(F)c2)Cc2ccccc21. The van der Waals surface area contributed by atoms with Crippen molar-refractivity contribution in [2.75, 3.05) is 5.32 Å². The van der Waals surface area contributed by atoms with E-state index in [4.69, 9.17) is 4.74 Å². The van der Waals surface area contributed by atoms with Gasteiger partial charge in [0, 0.05) is 18.2 Å². The number of carbonyl (C=O) groups excluding carboxylic acids is 2. The van der Waals surface area contributed by atoms with E-state index in [0.29, 0.717) is 11.1 Å². The van der Waals surface area contributed by atoms with Gasteiger partial charge in [0.05, 0.1) is 5.56 Å². The summed E-state index contributed by atoms with van der Waals surface area (Å²) in [6.07, 6.45) is -0.771. The first kappa shape index (κ1) is 14.2. The molecule has 0 aliphatic carbocycles. The van der Waals surface area contributed by atoms with Gasteiger partial charge in [-0.1, -0.05) is 18.2 Å². The molecule has 1 unspecified atom stereocenters. The lowest BCUT2D eigenvalue weighted by atomic mass is 9.98. The average Bonchev–Trinajstić information content (AvgIpc) is 2.51. The molecular weight excluding hydrogens is 292 g/mol. The zero-order valence-electron chi connectivity index (χ0n) is 11.3. The molecule has 1 amide bonds. The summed E-state index contributed by atoms with van der Waals surface area (Å²) in [6.45, 7) is 0. The Morgan fingerprint density at radius 2 is 1.91 bits per heavy atom. The maximum atomic E-state index is 13.1. The van der Waals surface area contributed by atoms with E-state index in [2.05, 4.69) is 5.32 Å². The minimum atomic E-state index is -1.07. The third-order valence-electron chi connectivity index (χ3n) is 3.37. The summed E-state index contributed by atoms with van der Waals surface area (Å²) in [5.74, 6) is -3.24. The molecule has 0 bridgehead atoms. The quantitative estimate of drug-likeness (QED) is 0.868. The van der Waals surface area contributed by atoms with E-state index < -0.39 is 29.6 Å². The van der Waals surface area contributed by atoms with E-state index in [1.807, 2.05) is 0 Å². The van der Waals surface area contributed by atoms with Gasteiger partial charge in [-0.15, -0.1) is 0 Å². The van der Waals surface area contributed by atoms with Crippen LogP contribution in [-0.4, -0.2) is 18.0 Å². The zero-order valence-corrected chi connectivity index (χ0v) is 11.3. The molecule has 1 aliphatic rings. The molecule has 0 radical (unpaired) electrons. The number of benzene rings is 2. The lowest BCUT2D eigenvalue weighted by Gasteiger charge is -2.23. The van der Waals surface area contributed by atoms with Crippen molar-refractivity contribution in [1.29, 1.82) is 0 Å². The largest absolute Gasteiger partial charge is 0.448 e. The summed E-state index contributed by atoms with van der Waals surface area (Å²) in [7, 11) is 0. The third-order valence-corrected chi connectivity index (χ3v) is 3.37. The van der Waals surface area contributed by atoms with E-state index in [1.54, 1.807) is 24.3 Å². The van der Waals surface area contributed by atoms with Crippen LogP contribution >= 0.6 is 0 Å². The molecule has 0 fully saturated rings. The molecule has 3 rings (SSSR count). The summed E-state index contributed by atoms with van der Waals surface area (Å²) in [4.78, 5) is 24.0. The van der Waals surface area contributed by atoms with Crippen molar-refractivity contribution in [3.63, 3.8) is 0 Å². The highest BCUT2D eigenvalue weighted by molar-refractivity contribution is 6.00. The Morgan fingerprint density at radius 3 is 2.68 bits per heavy atom. The number of halogens is 2. The molecule has 2 aromatic carbocycles. The number of carbonyl (C=O) groups is 2. The van der Waals surface area contributed by atoms with Crippen molar-refractivity contribution in [2.45, 2.75) is 12.5 Å². The van der Waals surface area contributed by atoms with Gasteiger partial charge in [0.1, 0.15) is 0 Å². The molecule has 4 nitrogen and oxygen atoms in total. The van der Waals surface area contributed by atoms with Crippen LogP contribution in [0.3, 0.4) is 0 Å². The van der Waals surface area contributed by atoms with Gasteiger partial charge in [-0.3, -0.25) is 4.79 Å². The minimum absolute atomic E-state index is 0.0961. The maximum absolute atomic E-state index is 13.1. The first-order valence-electron chi connectivity index (χ1n) is 6.59. The number of anilines is 1. The molecule has 0 saturated carbocycles. The number of esters is 1. The number of hydrogen-bond donors (Lipinski definition) is 1. The summed E-state index contributed by atoms with van der Waals surface area (Å²) < 4.78 is 31.1. The average molecular weight is 303 g/mol. The second-order valence-corrected chi connectivity index (χ2v) is 4.87. The number of nitrogens with one attached hydrogen (secondary N) is 1. The maximum Gasteiger partial charge on any atom is 0.339 e. The first-order valence-corrected chi connectivity index (χ1v) is 6.59. The first-order chi connectivity index (χ1) is 10.5. The molecule has 6 heteroatoms. The van der Waals surface area contributed by atoms with Gasteiger partial charge in [0.15, 0.2) is 17.7 Å². The van der Waals surface area contributed by atoms with E-state index in [-0.39, 0.29) is 12.1 Å². The van der Waals surface area contributed by atoms with Crippen LogP contribution in [0.25, 0.3) is 0 Å². The van der Waals surface area contributed by atoms with Crippen LogP contribution < -0.4 is 5.32 Å². The Morgan fingerprint density at radius 1 is 1.14 bits per heavy atom. The Balaban J connectivity index is 1.76. The van der Waals surface area contributed by atoms with Crippen molar-refractivity contribution in [3.8, 4) is 0 Å². The summed E-state index contributed by atoms with van der Waals surface area (Å²) in [5, 5.41) is 2.41. The van der Waals surface area contributed by atoms with Gasteiger partial charge < -0.3 is 10.1 Å². The van der Waals surface area contributed by atoms with Crippen molar-refractivity contribution in [2.24, 2.45) is 0 Å². The van der Waals surface area contributed by atoms with Crippen molar-refractivity contribution in [1.82, 2.24) is 0 Å². The van der Waals surface area contributed by atoms with Crippen LogP contribution in [0.4, 0.5) is 14.5 Å². The van der Waals surface area contributed by atoms with Gasteiger partial charge in [-0.05, 0) is 23.8 Å². The second-order valence-electron chi connectivity index (χ2n) is 4.87. The Hall–Kier alpha value is -2.76. The lowest BCUT2D eigenvalue weighted by molar-refractivity contribution is -0.125. The van der Waals surface area contributed by atoms with Crippen LogP contribution in [0.1, 0.15) is 15.9 Å². The number of cyclic esters (lactones) is 1. The summed E-state index contributed by atoms with van der Waals surface area (Å²) in [6, 6.07) is 9.85. The van der Waals surface area contributed by atoms with Gasteiger partial charge >= 0.3 is 5.97 Å². The Labute approximate surface area is 124 Å². The van der Waals surface area contributed by atoms with Crippen LogP contribution in [0, 0.1) is 11.6 Å². The molecule has 2 aromatic rings. The summed E-state index contributed by atoms with van der Waals surface area (Å²) in [5.41, 5.74) is 1.24. The molecule has 22 heavy (non-hydrogen) atoms. The van der Waals surface area contributed by atoms with E-state index in [9.17, 15) is 18.4 Å². The van der Waals surface area contributed by atoms with E-state index in [1.165, 1.54) is 6.07 Å². The van der Waals surface area contributed by atoms with Crippen molar-refractivity contribution >= 4 is 17.6 Å². The van der Waals surface area contributed by atoms with Crippen LogP contribution in [0.5, 0.6) is 0 Å². The fourth-order valence-electron chi connectivity index (χ4n) is 2.27. The monoisotopic (exact) mass is 303 g/mol. The topological polar surface area (TPSA) is 55.4 Å². The molecule has 0 aromatic heterocycles. The number of fused-ring (bicyclic) bond motifs is 1. The predicted octanol–water partition coefficient (Wildman–Crippen LogP) is 2.69. The van der Waals surface area contributed by atoms with Gasteiger partial charge in [-0.25, -0.2) is 13.6 Å². The standard InChI is InChI=1S/C16H11F2NO3/c17-12-6-5-10(8-13(12)18)19-15(20)14-7-9-3-1-2-4-11(9)16(21)22-14/h1-6,8,14H,7H2,(H,19,20). The van der Waals surface area contributed by atoms with Gasteiger partial charge in [0.2, 0.25) is 0 Å². The smallest absolute Gasteiger partial charge is 0.339 e. The lowest BCUT2D eigenvalue weighted by Crippen LogP contribution is -2.38. The normalized spacial score (nSPS) is 16.6. The van der Waals surface area contributed by atoms with E-state index in [0.717, 1.165) is 12.1 Å². The van der Waals surface area contributed by atoms with Crippen LogP contribution in [0.2, 0.25) is 0 Å². The molecular formula is C16H11F2NO3. The zero-order chi connectivity index (χ0) is 15.7. The van der Waals surface area contributed by atoms with Crippen molar-refractivity contribution in [3.05, 3.63) is 65.2 Å². The Kier molecular flexibility index (Phi) is 3.58. The molecule has 1 heterocycles. The molecule has 1 atom stereocenters. The van der Waals surface area contributed by atoms with Gasteiger partial charge in [-0.2, -0.15) is 0 Å². The highest BCUT2D eigenvalue weighted by Gasteiger charge is 2.31. The van der Waals surface area contributed by atoms with E-state index >= 15 is 0 Å². The third kappa shape index (κ3) is 2.67. The minimum Gasteiger partial charge on any atom is -0.448 e. The highest BCUT2D eigenvalue weighted by Crippen LogP contribution is 2.22. The molecule has 0 spiro atoms. The summed E-state index contributed by atoms with van der Waals surface area (Å²) >= 11 is 0. The number of ether oxygens (including phenoxy) is 1. The van der Waals surface area contributed by atoms with Crippen LogP contribution in [-0.2, 0) is 16.0 Å².